The Morgan fingerprint density at radius 2 is 2.67 bits per heavy atom. The van der Waals surface area contributed by atoms with Crippen LogP contribution >= 0.6 is 33.9 Å². The van der Waals surface area contributed by atoms with E-state index in [0.717, 1.165) is 14.4 Å². The van der Waals surface area contributed by atoms with Gasteiger partial charge in [-0.1, -0.05) is 6.92 Å². The maximum Gasteiger partial charge on any atom is 0.148 e. The second-order valence-corrected chi connectivity index (χ2v) is 5.08. The van der Waals surface area contributed by atoms with Gasteiger partial charge in [0.25, 0.3) is 0 Å². The van der Waals surface area contributed by atoms with E-state index in [0.29, 0.717) is 0 Å². The summed E-state index contributed by atoms with van der Waals surface area (Å²) >= 11 is 3.75. The van der Waals surface area contributed by atoms with E-state index in [9.17, 15) is 0 Å². The van der Waals surface area contributed by atoms with Gasteiger partial charge in [0.05, 0.1) is 15.1 Å². The molecule has 0 aromatic carbocycles. The zero-order valence-electron chi connectivity index (χ0n) is 6.54. The fraction of sp³-hybridized carbons (Fsp3) is 0.429. The molecule has 0 amide bonds. The maximum atomic E-state index is 8.77. The van der Waals surface area contributed by atoms with Crippen LogP contribution in [0.1, 0.15) is 18.0 Å². The van der Waals surface area contributed by atoms with E-state index in [-0.39, 0.29) is 6.04 Å². The summed E-state index contributed by atoms with van der Waals surface area (Å²) < 4.78 is 1.11. The third kappa shape index (κ3) is 2.40. The van der Waals surface area contributed by atoms with E-state index in [4.69, 9.17) is 5.26 Å². The highest BCUT2D eigenvalue weighted by atomic mass is 127. The Bertz CT molecular complexity index is 291. The number of rotatable bonds is 3. The number of nitrogens with one attached hydrogen (secondary N) is 1. The molecule has 1 atom stereocenters. The SMILES string of the molecule is CCNC(C#N)c1ncc(I)s1. The Balaban J connectivity index is 2.74. The van der Waals surface area contributed by atoms with Crippen LogP contribution in [0.5, 0.6) is 0 Å². The van der Waals surface area contributed by atoms with Gasteiger partial charge in [0.2, 0.25) is 0 Å². The van der Waals surface area contributed by atoms with E-state index in [1.165, 1.54) is 0 Å². The predicted molar refractivity (Wildman–Crippen MR) is 56.9 cm³/mol. The largest absolute Gasteiger partial charge is 0.296 e. The molecule has 64 valence electrons. The van der Waals surface area contributed by atoms with E-state index in [1.54, 1.807) is 17.5 Å². The van der Waals surface area contributed by atoms with Crippen molar-refractivity contribution in [2.75, 3.05) is 6.54 Å². The van der Waals surface area contributed by atoms with Crippen LogP contribution in [-0.4, -0.2) is 11.5 Å². The van der Waals surface area contributed by atoms with Crippen LogP contribution in [0.4, 0.5) is 0 Å². The minimum Gasteiger partial charge on any atom is -0.296 e. The van der Waals surface area contributed by atoms with Crippen molar-refractivity contribution in [3.8, 4) is 6.07 Å². The van der Waals surface area contributed by atoms with Crippen LogP contribution < -0.4 is 5.32 Å². The third-order valence-corrected chi connectivity index (χ3v) is 3.07. The van der Waals surface area contributed by atoms with Gasteiger partial charge in [-0.3, -0.25) is 5.32 Å². The molecule has 0 aliphatic carbocycles. The third-order valence-electron chi connectivity index (χ3n) is 1.28. The van der Waals surface area contributed by atoms with Gasteiger partial charge in [-0.2, -0.15) is 5.26 Å². The highest BCUT2D eigenvalue weighted by Crippen LogP contribution is 2.20. The lowest BCUT2D eigenvalue weighted by Crippen LogP contribution is -2.18. The zero-order chi connectivity index (χ0) is 8.97. The number of halogens is 1. The van der Waals surface area contributed by atoms with E-state index in [2.05, 4.69) is 39.0 Å². The summed E-state index contributed by atoms with van der Waals surface area (Å²) in [6, 6.07) is 1.92. The first-order valence-corrected chi connectivity index (χ1v) is 5.41. The molecule has 0 fully saturated rings. The van der Waals surface area contributed by atoms with Crippen molar-refractivity contribution < 1.29 is 0 Å². The lowest BCUT2D eigenvalue weighted by molar-refractivity contribution is 0.654. The Morgan fingerprint density at radius 1 is 1.92 bits per heavy atom. The Kier molecular flexibility index (Phi) is 3.91. The first kappa shape index (κ1) is 9.89. The lowest BCUT2D eigenvalue weighted by atomic mass is 10.3. The molecule has 1 aromatic heterocycles. The highest BCUT2D eigenvalue weighted by Gasteiger charge is 2.12. The smallest absolute Gasteiger partial charge is 0.148 e. The summed E-state index contributed by atoms with van der Waals surface area (Å²) in [6.07, 6.45) is 1.78. The standard InChI is InChI=1S/C7H8IN3S/c1-2-10-5(3-9)7-11-4-6(8)12-7/h4-5,10H,2H2,1H3. The molecule has 0 radical (unpaired) electrons. The monoisotopic (exact) mass is 293 g/mol. The number of hydrogen-bond donors (Lipinski definition) is 1. The minimum absolute atomic E-state index is 0.247. The predicted octanol–water partition coefficient (Wildman–Crippen LogP) is 1.92. The molecule has 0 aliphatic rings. The Labute approximate surface area is 89.0 Å². The lowest BCUT2D eigenvalue weighted by Gasteiger charge is -2.04. The molecule has 0 bridgehead atoms. The first-order chi connectivity index (χ1) is 5.77. The van der Waals surface area contributed by atoms with Crippen LogP contribution in [0.3, 0.4) is 0 Å². The molecule has 0 aliphatic heterocycles. The van der Waals surface area contributed by atoms with Crippen molar-refractivity contribution in [3.05, 3.63) is 14.1 Å². The van der Waals surface area contributed by atoms with Gasteiger partial charge in [-0.25, -0.2) is 4.98 Å². The van der Waals surface area contributed by atoms with Gasteiger partial charge in [0.1, 0.15) is 11.0 Å². The molecule has 1 heterocycles. The van der Waals surface area contributed by atoms with Crippen molar-refractivity contribution in [1.29, 1.82) is 5.26 Å². The van der Waals surface area contributed by atoms with E-state index < -0.39 is 0 Å². The molecule has 12 heavy (non-hydrogen) atoms. The summed E-state index contributed by atoms with van der Waals surface area (Å²) in [5, 5.41) is 12.7. The van der Waals surface area contributed by atoms with Gasteiger partial charge in [0.15, 0.2) is 0 Å². The topological polar surface area (TPSA) is 48.7 Å². The molecular weight excluding hydrogens is 285 g/mol. The van der Waals surface area contributed by atoms with Crippen molar-refractivity contribution in [3.63, 3.8) is 0 Å². The van der Waals surface area contributed by atoms with Crippen molar-refractivity contribution in [1.82, 2.24) is 10.3 Å². The van der Waals surface area contributed by atoms with Crippen molar-refractivity contribution in [2.45, 2.75) is 13.0 Å². The summed E-state index contributed by atoms with van der Waals surface area (Å²) in [7, 11) is 0. The fourth-order valence-electron chi connectivity index (χ4n) is 0.793. The molecular formula is C7H8IN3S. The molecule has 5 heteroatoms. The summed E-state index contributed by atoms with van der Waals surface area (Å²) in [6.45, 7) is 2.76. The van der Waals surface area contributed by atoms with Crippen LogP contribution in [0.2, 0.25) is 0 Å². The maximum absolute atomic E-state index is 8.77. The first-order valence-electron chi connectivity index (χ1n) is 3.52. The molecule has 0 saturated heterocycles. The average Bonchev–Trinajstić information content (AvgIpc) is 2.47. The summed E-state index contributed by atoms with van der Waals surface area (Å²) in [5.74, 6) is 0. The average molecular weight is 293 g/mol. The van der Waals surface area contributed by atoms with Gasteiger partial charge in [-0.05, 0) is 29.1 Å². The molecule has 1 rings (SSSR count). The molecule has 3 nitrogen and oxygen atoms in total. The number of nitrogens with zero attached hydrogens (tertiary/aromatic N) is 2. The molecule has 0 spiro atoms. The molecule has 0 saturated carbocycles. The van der Waals surface area contributed by atoms with Gasteiger partial charge in [0, 0.05) is 0 Å². The minimum atomic E-state index is -0.247. The summed E-state index contributed by atoms with van der Waals surface area (Å²) in [5.41, 5.74) is 0. The van der Waals surface area contributed by atoms with Crippen LogP contribution in [-0.2, 0) is 0 Å². The van der Waals surface area contributed by atoms with Crippen LogP contribution in [0, 0.1) is 14.2 Å². The van der Waals surface area contributed by atoms with Crippen molar-refractivity contribution >= 4 is 33.9 Å². The van der Waals surface area contributed by atoms with Gasteiger partial charge < -0.3 is 0 Å². The van der Waals surface area contributed by atoms with Crippen LogP contribution in [0.25, 0.3) is 0 Å². The number of thiazole rings is 1. The zero-order valence-corrected chi connectivity index (χ0v) is 9.52. The van der Waals surface area contributed by atoms with Crippen molar-refractivity contribution in [2.24, 2.45) is 0 Å². The van der Waals surface area contributed by atoms with Gasteiger partial charge in [-0.15, -0.1) is 11.3 Å². The Hall–Kier alpha value is -0.190. The van der Waals surface area contributed by atoms with Crippen LogP contribution in [0.15, 0.2) is 6.20 Å². The molecule has 1 aromatic rings. The van der Waals surface area contributed by atoms with E-state index >= 15 is 0 Å². The van der Waals surface area contributed by atoms with Gasteiger partial charge >= 0.3 is 0 Å². The number of hydrogen-bond acceptors (Lipinski definition) is 4. The van der Waals surface area contributed by atoms with E-state index in [1.807, 2.05) is 6.92 Å². The quantitative estimate of drug-likeness (QED) is 0.866. The normalized spacial score (nSPS) is 12.4. The molecule has 1 N–H and O–H groups in total. The summed E-state index contributed by atoms with van der Waals surface area (Å²) in [4.78, 5) is 4.13. The Morgan fingerprint density at radius 3 is 3.08 bits per heavy atom. The second-order valence-electron chi connectivity index (χ2n) is 2.12. The fourth-order valence-corrected chi connectivity index (χ4v) is 2.27. The second kappa shape index (κ2) is 4.74. The number of nitriles is 1. The molecule has 1 unspecified atom stereocenters. The highest BCUT2D eigenvalue weighted by molar-refractivity contribution is 14.1. The number of aromatic nitrogens is 1.